The number of rotatable bonds is 0. The molecule has 4 nitrogen and oxygen atoms in total. The summed E-state index contributed by atoms with van der Waals surface area (Å²) in [5.41, 5.74) is -0.438. The Balaban J connectivity index is 1.93. The second kappa shape index (κ2) is 3.68. The minimum absolute atomic E-state index is 0.241. The number of fused-ring (bicyclic) bond motifs is 1. The Morgan fingerprint density at radius 1 is 1.50 bits per heavy atom. The highest BCUT2D eigenvalue weighted by atomic mass is 16.6. The third kappa shape index (κ3) is 2.31. The van der Waals surface area contributed by atoms with E-state index in [4.69, 9.17) is 4.74 Å². The van der Waals surface area contributed by atoms with Crippen LogP contribution in [-0.2, 0) is 4.74 Å². The van der Waals surface area contributed by atoms with Gasteiger partial charge >= 0.3 is 6.09 Å². The molecule has 1 heterocycles. The average molecular weight is 225 g/mol. The molecule has 2 aliphatic rings. The first-order chi connectivity index (χ1) is 7.35. The van der Waals surface area contributed by atoms with E-state index >= 15 is 0 Å². The first-order valence-electron chi connectivity index (χ1n) is 5.73. The van der Waals surface area contributed by atoms with Crippen LogP contribution in [0.3, 0.4) is 0 Å². The molecule has 0 bridgehead atoms. The van der Waals surface area contributed by atoms with Gasteiger partial charge in [0, 0.05) is 25.4 Å². The molecule has 0 saturated carbocycles. The number of hydrogen-bond donors (Lipinski definition) is 1. The molecule has 1 saturated heterocycles. The summed E-state index contributed by atoms with van der Waals surface area (Å²) in [6, 6.07) is 0. The highest BCUT2D eigenvalue weighted by molar-refractivity contribution is 5.68. The number of amides is 1. The zero-order valence-electron chi connectivity index (χ0n) is 10.1. The maximum atomic E-state index is 11.8. The molecule has 0 aromatic rings. The molecule has 4 heteroatoms. The van der Waals surface area contributed by atoms with E-state index in [1.54, 1.807) is 4.90 Å². The quantitative estimate of drug-likeness (QED) is 0.688. The molecular formula is C12H19NO3. The van der Waals surface area contributed by atoms with Crippen LogP contribution in [0, 0.1) is 11.8 Å². The molecule has 0 aromatic heterocycles. The fourth-order valence-corrected chi connectivity index (χ4v) is 2.36. The summed E-state index contributed by atoms with van der Waals surface area (Å²) in [7, 11) is 0. The average Bonchev–Trinajstić information content (AvgIpc) is 2.56. The number of likely N-dealkylation sites (tertiary alicyclic amines) is 1. The Morgan fingerprint density at radius 2 is 2.19 bits per heavy atom. The number of ether oxygens (including phenoxy) is 1. The lowest BCUT2D eigenvalue weighted by Crippen LogP contribution is -2.35. The van der Waals surface area contributed by atoms with Crippen molar-refractivity contribution in [1.29, 1.82) is 0 Å². The van der Waals surface area contributed by atoms with Crippen molar-refractivity contribution in [3.8, 4) is 0 Å². The maximum Gasteiger partial charge on any atom is 0.410 e. The van der Waals surface area contributed by atoms with Gasteiger partial charge in [-0.2, -0.15) is 0 Å². The van der Waals surface area contributed by atoms with Crippen LogP contribution in [0.25, 0.3) is 0 Å². The monoisotopic (exact) mass is 225 g/mol. The van der Waals surface area contributed by atoms with Crippen molar-refractivity contribution in [2.75, 3.05) is 13.1 Å². The molecule has 1 aliphatic carbocycles. The van der Waals surface area contributed by atoms with Crippen molar-refractivity contribution < 1.29 is 14.6 Å². The van der Waals surface area contributed by atoms with Gasteiger partial charge in [0.1, 0.15) is 5.60 Å². The van der Waals surface area contributed by atoms with Gasteiger partial charge in [-0.25, -0.2) is 4.79 Å². The lowest BCUT2D eigenvalue weighted by Gasteiger charge is -2.24. The van der Waals surface area contributed by atoms with E-state index in [0.717, 1.165) is 0 Å². The van der Waals surface area contributed by atoms with Crippen molar-refractivity contribution >= 4 is 6.09 Å². The Kier molecular flexibility index (Phi) is 2.60. The van der Waals surface area contributed by atoms with Crippen molar-refractivity contribution in [1.82, 2.24) is 4.90 Å². The molecule has 1 N–H and O–H groups in total. The summed E-state index contributed by atoms with van der Waals surface area (Å²) in [4.78, 5) is 13.5. The Hall–Kier alpha value is -1.19. The largest absolute Gasteiger partial charge is 0.513 e. The van der Waals surface area contributed by atoms with Gasteiger partial charge < -0.3 is 14.7 Å². The van der Waals surface area contributed by atoms with Crippen LogP contribution < -0.4 is 0 Å². The van der Waals surface area contributed by atoms with Gasteiger partial charge in [0.2, 0.25) is 0 Å². The summed E-state index contributed by atoms with van der Waals surface area (Å²) >= 11 is 0. The molecule has 16 heavy (non-hydrogen) atoms. The molecule has 1 fully saturated rings. The second-order valence-electron chi connectivity index (χ2n) is 5.67. The summed E-state index contributed by atoms with van der Waals surface area (Å²) in [5.74, 6) is 1.17. The molecule has 0 radical (unpaired) electrons. The summed E-state index contributed by atoms with van der Waals surface area (Å²) < 4.78 is 5.32. The van der Waals surface area contributed by atoms with Gasteiger partial charge in [-0.05, 0) is 32.8 Å². The van der Waals surface area contributed by atoms with E-state index in [9.17, 15) is 9.90 Å². The number of carbonyl (C=O) groups excluding carboxylic acids is 1. The Bertz CT molecular complexity index is 330. The zero-order chi connectivity index (χ0) is 11.9. The normalized spacial score (nSPS) is 28.9. The molecule has 2 atom stereocenters. The predicted octanol–water partition coefficient (Wildman–Crippen LogP) is 2.32. The molecule has 1 amide bonds. The molecule has 0 aromatic carbocycles. The van der Waals surface area contributed by atoms with E-state index in [-0.39, 0.29) is 6.09 Å². The molecule has 2 rings (SSSR count). The van der Waals surface area contributed by atoms with E-state index in [0.29, 0.717) is 37.1 Å². The predicted molar refractivity (Wildman–Crippen MR) is 60.1 cm³/mol. The highest BCUT2D eigenvalue weighted by Gasteiger charge is 2.39. The van der Waals surface area contributed by atoms with Crippen LogP contribution in [0.4, 0.5) is 4.79 Å². The number of aliphatic hydroxyl groups is 1. The van der Waals surface area contributed by atoms with Gasteiger partial charge in [0.05, 0.1) is 5.76 Å². The van der Waals surface area contributed by atoms with E-state index in [1.165, 1.54) is 0 Å². The molecular weight excluding hydrogens is 206 g/mol. The molecule has 1 aliphatic heterocycles. The van der Waals surface area contributed by atoms with Crippen LogP contribution in [-0.4, -0.2) is 34.8 Å². The van der Waals surface area contributed by atoms with Gasteiger partial charge in [0.15, 0.2) is 0 Å². The Morgan fingerprint density at radius 3 is 2.75 bits per heavy atom. The third-order valence-electron chi connectivity index (χ3n) is 3.02. The van der Waals surface area contributed by atoms with E-state index in [1.807, 2.05) is 26.8 Å². The number of allylic oxidation sites excluding steroid dienone is 1. The van der Waals surface area contributed by atoms with Crippen molar-refractivity contribution in [3.05, 3.63) is 11.8 Å². The SMILES string of the molecule is CC(C)(C)OC(=O)N1C[C@H]2CC(O)=C[C@H]2C1. The van der Waals surface area contributed by atoms with Gasteiger partial charge in [0.25, 0.3) is 0 Å². The lowest BCUT2D eigenvalue weighted by atomic mass is 10.0. The smallest absolute Gasteiger partial charge is 0.410 e. The molecule has 0 spiro atoms. The molecule has 0 unspecified atom stereocenters. The van der Waals surface area contributed by atoms with Crippen LogP contribution >= 0.6 is 0 Å². The van der Waals surface area contributed by atoms with Crippen molar-refractivity contribution in [2.45, 2.75) is 32.8 Å². The summed E-state index contributed by atoms with van der Waals surface area (Å²) in [5, 5.41) is 9.37. The summed E-state index contributed by atoms with van der Waals surface area (Å²) in [6.45, 7) is 6.97. The van der Waals surface area contributed by atoms with Crippen molar-refractivity contribution in [2.24, 2.45) is 11.8 Å². The van der Waals surface area contributed by atoms with Crippen LogP contribution in [0.1, 0.15) is 27.2 Å². The standard InChI is InChI=1S/C12H19NO3/c1-12(2,3)16-11(15)13-6-8-4-10(14)5-9(8)7-13/h4,8-9,14H,5-7H2,1-3H3/t8-,9+/m0/s1. The van der Waals surface area contributed by atoms with E-state index < -0.39 is 5.60 Å². The minimum atomic E-state index is -0.438. The van der Waals surface area contributed by atoms with Crippen LogP contribution in [0.15, 0.2) is 11.8 Å². The number of carbonyl (C=O) groups is 1. The topological polar surface area (TPSA) is 49.8 Å². The second-order valence-corrected chi connectivity index (χ2v) is 5.67. The Labute approximate surface area is 95.9 Å². The lowest BCUT2D eigenvalue weighted by molar-refractivity contribution is 0.0283. The van der Waals surface area contributed by atoms with Crippen LogP contribution in [0.5, 0.6) is 0 Å². The minimum Gasteiger partial charge on any atom is -0.513 e. The first-order valence-corrected chi connectivity index (χ1v) is 5.73. The number of aliphatic hydroxyl groups excluding tert-OH is 1. The van der Waals surface area contributed by atoms with E-state index in [2.05, 4.69) is 0 Å². The first kappa shape index (κ1) is 11.3. The van der Waals surface area contributed by atoms with Gasteiger partial charge in [-0.3, -0.25) is 0 Å². The third-order valence-corrected chi connectivity index (χ3v) is 3.02. The van der Waals surface area contributed by atoms with Crippen molar-refractivity contribution in [3.63, 3.8) is 0 Å². The van der Waals surface area contributed by atoms with Gasteiger partial charge in [-0.1, -0.05) is 0 Å². The number of hydrogen-bond acceptors (Lipinski definition) is 3. The fourth-order valence-electron chi connectivity index (χ4n) is 2.36. The number of nitrogens with zero attached hydrogens (tertiary/aromatic N) is 1. The highest BCUT2D eigenvalue weighted by Crippen LogP contribution is 2.36. The van der Waals surface area contributed by atoms with Gasteiger partial charge in [-0.15, -0.1) is 0 Å². The maximum absolute atomic E-state index is 11.8. The van der Waals surface area contributed by atoms with Crippen LogP contribution in [0.2, 0.25) is 0 Å². The fraction of sp³-hybridized carbons (Fsp3) is 0.750. The summed E-state index contributed by atoms with van der Waals surface area (Å²) in [6.07, 6.45) is 2.33. The molecule has 90 valence electrons. The zero-order valence-corrected chi connectivity index (χ0v) is 10.1.